The number of amides is 1. The molecule has 1 aromatic heterocycles. The Bertz CT molecular complexity index is 1210. The van der Waals surface area contributed by atoms with Crippen molar-refractivity contribution in [3.05, 3.63) is 82.6 Å². The van der Waals surface area contributed by atoms with Gasteiger partial charge in [0.25, 0.3) is 5.91 Å². The van der Waals surface area contributed by atoms with Crippen LogP contribution in [-0.4, -0.2) is 40.9 Å². The van der Waals surface area contributed by atoms with Crippen molar-refractivity contribution in [2.45, 2.75) is 31.4 Å². The van der Waals surface area contributed by atoms with Crippen molar-refractivity contribution in [3.63, 3.8) is 0 Å². The van der Waals surface area contributed by atoms with Crippen LogP contribution >= 0.6 is 15.9 Å². The van der Waals surface area contributed by atoms with Crippen LogP contribution in [-0.2, 0) is 6.54 Å². The minimum atomic E-state index is -4.78. The van der Waals surface area contributed by atoms with Crippen molar-refractivity contribution in [2.24, 2.45) is 0 Å². The summed E-state index contributed by atoms with van der Waals surface area (Å²) in [5.41, 5.74) is 2.14. The van der Waals surface area contributed by atoms with E-state index >= 15 is 0 Å². The highest BCUT2D eigenvalue weighted by molar-refractivity contribution is 9.10. The van der Waals surface area contributed by atoms with E-state index in [4.69, 9.17) is 0 Å². The van der Waals surface area contributed by atoms with Crippen LogP contribution in [0.1, 0.15) is 28.8 Å². The lowest BCUT2D eigenvalue weighted by Crippen LogP contribution is -2.64. The molecule has 0 unspecified atom stereocenters. The molecule has 2 aliphatic rings. The summed E-state index contributed by atoms with van der Waals surface area (Å²) in [6.07, 6.45) is 0.0678. The minimum Gasteiger partial charge on any atom is -0.406 e. The molecule has 3 heterocycles. The Balaban J connectivity index is 1.45. The Kier molecular flexibility index (Phi) is 6.18. The lowest BCUT2D eigenvalue weighted by molar-refractivity contribution is -0.274. The van der Waals surface area contributed by atoms with E-state index in [-0.39, 0.29) is 11.7 Å². The van der Waals surface area contributed by atoms with Gasteiger partial charge in [-0.05, 0) is 54.1 Å². The predicted octanol–water partition coefficient (Wildman–Crippen LogP) is 5.81. The molecule has 1 spiro atoms. The fourth-order valence-corrected chi connectivity index (χ4v) is 5.13. The molecule has 10 heteroatoms. The summed E-state index contributed by atoms with van der Waals surface area (Å²) in [6, 6.07) is 14.8. The van der Waals surface area contributed by atoms with Crippen molar-refractivity contribution in [2.75, 3.05) is 23.3 Å². The van der Waals surface area contributed by atoms with Gasteiger partial charge in [-0.15, -0.1) is 13.2 Å². The average molecular weight is 547 g/mol. The first-order valence-corrected chi connectivity index (χ1v) is 11.9. The first-order chi connectivity index (χ1) is 16.7. The molecule has 1 amide bonds. The van der Waals surface area contributed by atoms with Crippen molar-refractivity contribution in [3.8, 4) is 5.75 Å². The van der Waals surface area contributed by atoms with Crippen LogP contribution < -0.4 is 15.0 Å². The van der Waals surface area contributed by atoms with E-state index in [1.165, 1.54) is 24.3 Å². The molecule has 0 saturated carbocycles. The summed E-state index contributed by atoms with van der Waals surface area (Å²) in [5, 5.41) is 3.59. The summed E-state index contributed by atoms with van der Waals surface area (Å²) in [7, 11) is 0. The topological polar surface area (TPSA) is 57.7 Å². The quantitative estimate of drug-likeness (QED) is 0.447. The monoisotopic (exact) mass is 546 g/mol. The molecular formula is C25H22BrF3N4O2. The van der Waals surface area contributed by atoms with Gasteiger partial charge < -0.3 is 10.1 Å². The van der Waals surface area contributed by atoms with E-state index < -0.39 is 12.0 Å². The molecule has 6 nitrogen and oxygen atoms in total. The van der Waals surface area contributed by atoms with E-state index in [2.05, 4.69) is 35.9 Å². The summed E-state index contributed by atoms with van der Waals surface area (Å²) in [5.74, 6) is -0.528. The third-order valence-corrected chi connectivity index (χ3v) is 6.84. The Hall–Kier alpha value is -3.11. The second kappa shape index (κ2) is 9.16. The summed E-state index contributed by atoms with van der Waals surface area (Å²) >= 11 is 3.48. The van der Waals surface area contributed by atoms with E-state index in [1.54, 1.807) is 23.2 Å². The van der Waals surface area contributed by atoms with E-state index in [1.807, 2.05) is 24.4 Å². The van der Waals surface area contributed by atoms with Gasteiger partial charge in [0.05, 0.1) is 5.56 Å². The number of halogens is 4. The van der Waals surface area contributed by atoms with Gasteiger partial charge in [0.15, 0.2) is 0 Å². The molecule has 35 heavy (non-hydrogen) atoms. The zero-order valence-electron chi connectivity index (χ0n) is 18.6. The smallest absolute Gasteiger partial charge is 0.406 e. The van der Waals surface area contributed by atoms with Gasteiger partial charge in [0.2, 0.25) is 0 Å². The SMILES string of the molecule is O=C1c2ccc(Br)cc2NC2(CCN(Cc3cccnc3)CC2)N1c1ccc(OC(F)(F)F)cc1. The number of carbonyl (C=O) groups excluding carboxylic acids is 1. The van der Waals surface area contributed by atoms with Crippen LogP contribution in [0.25, 0.3) is 0 Å². The molecule has 0 bridgehead atoms. The van der Waals surface area contributed by atoms with Crippen LogP contribution in [0, 0.1) is 0 Å². The fraction of sp³-hybridized carbons (Fsp3) is 0.280. The van der Waals surface area contributed by atoms with Crippen LogP contribution in [0.4, 0.5) is 24.5 Å². The number of aromatic nitrogens is 1. The van der Waals surface area contributed by atoms with Crippen molar-refractivity contribution < 1.29 is 22.7 Å². The number of carbonyl (C=O) groups is 1. The lowest BCUT2D eigenvalue weighted by Gasteiger charge is -2.52. The fourth-order valence-electron chi connectivity index (χ4n) is 4.77. The van der Waals surface area contributed by atoms with Gasteiger partial charge in [-0.25, -0.2) is 0 Å². The maximum Gasteiger partial charge on any atom is 0.573 e. The number of benzene rings is 2. The number of hydrogen-bond donors (Lipinski definition) is 1. The highest BCUT2D eigenvalue weighted by Gasteiger charge is 2.47. The van der Waals surface area contributed by atoms with Crippen molar-refractivity contribution >= 4 is 33.2 Å². The second-order valence-electron chi connectivity index (χ2n) is 8.67. The van der Waals surface area contributed by atoms with Crippen molar-refractivity contribution in [1.29, 1.82) is 0 Å². The zero-order chi connectivity index (χ0) is 24.6. The first-order valence-electron chi connectivity index (χ1n) is 11.1. The lowest BCUT2D eigenvalue weighted by atomic mass is 9.89. The minimum absolute atomic E-state index is 0.198. The Morgan fingerprint density at radius 1 is 1.09 bits per heavy atom. The molecule has 0 radical (unpaired) electrons. The highest BCUT2D eigenvalue weighted by atomic mass is 79.9. The molecule has 5 rings (SSSR count). The largest absolute Gasteiger partial charge is 0.573 e. The second-order valence-corrected chi connectivity index (χ2v) is 9.58. The van der Waals surface area contributed by atoms with Gasteiger partial charge in [-0.2, -0.15) is 0 Å². The van der Waals surface area contributed by atoms with E-state index in [9.17, 15) is 18.0 Å². The van der Waals surface area contributed by atoms with Gasteiger partial charge in [0.1, 0.15) is 11.4 Å². The third kappa shape index (κ3) is 4.99. The number of piperidine rings is 1. The number of rotatable bonds is 4. The molecule has 3 aromatic rings. The van der Waals surface area contributed by atoms with Gasteiger partial charge in [-0.1, -0.05) is 22.0 Å². The van der Waals surface area contributed by atoms with E-state index in [0.29, 0.717) is 24.1 Å². The van der Waals surface area contributed by atoms with Crippen LogP contribution in [0.15, 0.2) is 71.5 Å². The maximum absolute atomic E-state index is 13.7. The number of anilines is 2. The number of alkyl halides is 3. The number of nitrogens with one attached hydrogen (secondary N) is 1. The number of ether oxygens (including phenoxy) is 1. The van der Waals surface area contributed by atoms with Crippen LogP contribution in [0.3, 0.4) is 0 Å². The number of likely N-dealkylation sites (tertiary alicyclic amines) is 1. The normalized spacial score (nSPS) is 17.7. The summed E-state index contributed by atoms with van der Waals surface area (Å²) < 4.78 is 42.7. The zero-order valence-corrected chi connectivity index (χ0v) is 20.1. The van der Waals surface area contributed by atoms with Crippen molar-refractivity contribution in [1.82, 2.24) is 9.88 Å². The maximum atomic E-state index is 13.7. The van der Waals surface area contributed by atoms with Crippen LogP contribution in [0.2, 0.25) is 0 Å². The summed E-state index contributed by atoms with van der Waals surface area (Å²) in [6.45, 7) is 2.21. The average Bonchev–Trinajstić information content (AvgIpc) is 2.81. The molecule has 1 fully saturated rings. The third-order valence-electron chi connectivity index (χ3n) is 6.35. The number of pyridine rings is 1. The number of nitrogens with zero attached hydrogens (tertiary/aromatic N) is 3. The first kappa shape index (κ1) is 23.6. The molecule has 2 aliphatic heterocycles. The Morgan fingerprint density at radius 3 is 2.49 bits per heavy atom. The van der Waals surface area contributed by atoms with Gasteiger partial charge in [0, 0.05) is 60.7 Å². The number of fused-ring (bicyclic) bond motifs is 1. The standard InChI is InChI=1S/C25H22BrF3N4O2/c26-18-3-8-21-22(14-18)31-24(9-12-32(13-10-24)16-17-2-1-11-30-15-17)33(23(21)34)19-4-6-20(7-5-19)35-25(27,28)29/h1-8,11,14-15,31H,9-10,12-13,16H2. The predicted molar refractivity (Wildman–Crippen MR) is 129 cm³/mol. The molecule has 1 saturated heterocycles. The number of hydrogen-bond acceptors (Lipinski definition) is 5. The molecule has 2 aromatic carbocycles. The highest BCUT2D eigenvalue weighted by Crippen LogP contribution is 2.42. The van der Waals surface area contributed by atoms with Gasteiger partial charge in [-0.3, -0.25) is 19.6 Å². The molecule has 0 atom stereocenters. The molecular weight excluding hydrogens is 525 g/mol. The van der Waals surface area contributed by atoms with E-state index in [0.717, 1.165) is 35.4 Å². The molecule has 0 aliphatic carbocycles. The molecule has 182 valence electrons. The van der Waals surface area contributed by atoms with Gasteiger partial charge >= 0.3 is 6.36 Å². The van der Waals surface area contributed by atoms with Crippen LogP contribution in [0.5, 0.6) is 5.75 Å². The Labute approximate surface area is 208 Å². The molecule has 1 N–H and O–H groups in total. The summed E-state index contributed by atoms with van der Waals surface area (Å²) in [4.78, 5) is 21.9. The Morgan fingerprint density at radius 2 is 1.83 bits per heavy atom.